The van der Waals surface area contributed by atoms with Gasteiger partial charge in [-0.25, -0.2) is 9.78 Å². The van der Waals surface area contributed by atoms with Gasteiger partial charge in [-0.15, -0.1) is 0 Å². The van der Waals surface area contributed by atoms with E-state index in [9.17, 15) is 9.59 Å². The molecule has 1 aromatic heterocycles. The summed E-state index contributed by atoms with van der Waals surface area (Å²) in [7, 11) is 0. The van der Waals surface area contributed by atoms with Crippen molar-refractivity contribution in [2.45, 2.75) is 11.6 Å². The van der Waals surface area contributed by atoms with Gasteiger partial charge in [0.2, 0.25) is 0 Å². The minimum Gasteiger partial charge on any atom is -0.493 e. The summed E-state index contributed by atoms with van der Waals surface area (Å²) in [6.07, 6.45) is 2.16. The number of benzene rings is 1. The van der Waals surface area contributed by atoms with Crippen LogP contribution in [0.15, 0.2) is 46.5 Å². The largest absolute Gasteiger partial charge is 0.493 e. The number of hydrogen-bond donors (Lipinski definition) is 2. The van der Waals surface area contributed by atoms with Crippen molar-refractivity contribution in [3.8, 4) is 5.75 Å². The van der Waals surface area contributed by atoms with Gasteiger partial charge in [0, 0.05) is 18.0 Å². The van der Waals surface area contributed by atoms with Crippen LogP contribution in [0, 0.1) is 0 Å². The molecule has 2 N–H and O–H groups in total. The summed E-state index contributed by atoms with van der Waals surface area (Å²) in [6.45, 7) is 0.397. The van der Waals surface area contributed by atoms with Crippen molar-refractivity contribution in [1.29, 1.82) is 0 Å². The van der Waals surface area contributed by atoms with Crippen LogP contribution in [0.1, 0.15) is 16.8 Å². The Hall–Kier alpha value is -2.28. The number of carbonyl (C=O) groups is 1. The molecule has 0 unspecified atom stereocenters. The molecule has 0 bridgehead atoms. The molecule has 0 aliphatic carbocycles. The van der Waals surface area contributed by atoms with Crippen molar-refractivity contribution in [3.05, 3.63) is 52.4 Å². The molecule has 0 spiro atoms. The molecule has 0 aliphatic heterocycles. The molecular weight excluding hydrogens is 292 g/mol. The van der Waals surface area contributed by atoms with Crippen molar-refractivity contribution < 1.29 is 14.6 Å². The summed E-state index contributed by atoms with van der Waals surface area (Å²) in [5.41, 5.74) is -0.0293. The number of thioether (sulfide) groups is 1. The van der Waals surface area contributed by atoms with Crippen LogP contribution in [0.3, 0.4) is 0 Å². The lowest BCUT2D eigenvalue weighted by atomic mass is 10.2. The number of carboxylic acid groups (broad SMARTS) is 1. The quantitative estimate of drug-likeness (QED) is 0.462. The highest BCUT2D eigenvalue weighted by atomic mass is 32.2. The van der Waals surface area contributed by atoms with Crippen LogP contribution in [0.5, 0.6) is 5.75 Å². The number of nitrogens with zero attached hydrogens (tertiary/aromatic N) is 1. The van der Waals surface area contributed by atoms with Crippen LogP contribution < -0.4 is 10.3 Å². The molecule has 0 saturated heterocycles. The van der Waals surface area contributed by atoms with E-state index in [-0.39, 0.29) is 11.1 Å². The Morgan fingerprint density at radius 2 is 2.14 bits per heavy atom. The van der Waals surface area contributed by atoms with Crippen molar-refractivity contribution in [2.24, 2.45) is 0 Å². The lowest BCUT2D eigenvalue weighted by molar-refractivity contribution is 0.0692. The molecule has 0 radical (unpaired) electrons. The summed E-state index contributed by atoms with van der Waals surface area (Å²) in [5, 5.41) is 9.58. The van der Waals surface area contributed by atoms with Crippen LogP contribution >= 0.6 is 11.8 Å². The van der Waals surface area contributed by atoms with E-state index in [1.54, 1.807) is 18.2 Å². The molecule has 6 nitrogen and oxygen atoms in total. The first-order chi connectivity index (χ1) is 10.2. The van der Waals surface area contributed by atoms with Crippen LogP contribution in [0.4, 0.5) is 0 Å². The highest BCUT2D eigenvalue weighted by Gasteiger charge is 2.09. The average molecular weight is 306 g/mol. The SMILES string of the molecule is O=C(O)c1ccccc1OCCCSc1nccc(=O)[nH]1. The van der Waals surface area contributed by atoms with Gasteiger partial charge in [-0.3, -0.25) is 4.79 Å². The van der Waals surface area contributed by atoms with Gasteiger partial charge in [0.15, 0.2) is 5.16 Å². The Labute approximate surface area is 125 Å². The monoisotopic (exact) mass is 306 g/mol. The fourth-order valence-electron chi connectivity index (χ4n) is 1.60. The number of aromatic amines is 1. The molecule has 1 aromatic carbocycles. The van der Waals surface area contributed by atoms with Gasteiger partial charge < -0.3 is 14.8 Å². The van der Waals surface area contributed by atoms with Gasteiger partial charge in [0.05, 0.1) is 6.61 Å². The Morgan fingerprint density at radius 3 is 2.90 bits per heavy atom. The second kappa shape index (κ2) is 7.49. The maximum atomic E-state index is 11.1. The van der Waals surface area contributed by atoms with Crippen LogP contribution in [0.25, 0.3) is 0 Å². The molecule has 110 valence electrons. The Kier molecular flexibility index (Phi) is 5.39. The predicted octanol–water partition coefficient (Wildman–Crippen LogP) is 2.03. The summed E-state index contributed by atoms with van der Waals surface area (Å²) >= 11 is 1.42. The molecule has 1 heterocycles. The lowest BCUT2D eigenvalue weighted by Crippen LogP contribution is -2.07. The van der Waals surface area contributed by atoms with E-state index < -0.39 is 5.97 Å². The number of para-hydroxylation sites is 1. The first-order valence-electron chi connectivity index (χ1n) is 6.30. The summed E-state index contributed by atoms with van der Waals surface area (Å²) in [5.74, 6) is 0.0645. The van der Waals surface area contributed by atoms with E-state index in [1.807, 2.05) is 0 Å². The highest BCUT2D eigenvalue weighted by molar-refractivity contribution is 7.99. The number of ether oxygens (including phenoxy) is 1. The van der Waals surface area contributed by atoms with Crippen molar-refractivity contribution >= 4 is 17.7 Å². The van der Waals surface area contributed by atoms with Gasteiger partial charge >= 0.3 is 5.97 Å². The Bertz CT molecular complexity index is 672. The summed E-state index contributed by atoms with van der Waals surface area (Å²) in [4.78, 5) is 28.7. The number of aromatic carboxylic acids is 1. The molecule has 0 amide bonds. The molecule has 0 atom stereocenters. The van der Waals surface area contributed by atoms with Crippen molar-refractivity contribution in [2.75, 3.05) is 12.4 Å². The topological polar surface area (TPSA) is 92.3 Å². The van der Waals surface area contributed by atoms with Gasteiger partial charge in [-0.2, -0.15) is 0 Å². The second-order valence-electron chi connectivity index (χ2n) is 4.09. The lowest BCUT2D eigenvalue weighted by Gasteiger charge is -2.08. The van der Waals surface area contributed by atoms with Crippen LogP contribution in [-0.4, -0.2) is 33.4 Å². The van der Waals surface area contributed by atoms with Gasteiger partial charge in [0.1, 0.15) is 11.3 Å². The molecule has 21 heavy (non-hydrogen) atoms. The zero-order valence-corrected chi connectivity index (χ0v) is 11.9. The van der Waals surface area contributed by atoms with Gasteiger partial charge in [-0.05, 0) is 18.6 Å². The number of hydrogen-bond acceptors (Lipinski definition) is 5. The molecule has 2 rings (SSSR count). The fourth-order valence-corrected chi connectivity index (χ4v) is 2.37. The molecule has 0 aliphatic rings. The summed E-state index contributed by atoms with van der Waals surface area (Å²) in [6, 6.07) is 7.88. The normalized spacial score (nSPS) is 10.3. The number of rotatable bonds is 7. The molecule has 0 fully saturated rings. The first-order valence-corrected chi connectivity index (χ1v) is 7.28. The van der Waals surface area contributed by atoms with Gasteiger partial charge in [0.25, 0.3) is 5.56 Å². The third-order valence-corrected chi connectivity index (χ3v) is 3.52. The molecule has 0 saturated carbocycles. The van der Waals surface area contributed by atoms with Gasteiger partial charge in [-0.1, -0.05) is 23.9 Å². The van der Waals surface area contributed by atoms with E-state index in [2.05, 4.69) is 9.97 Å². The number of H-pyrrole nitrogens is 1. The number of carboxylic acids is 1. The van der Waals surface area contributed by atoms with E-state index >= 15 is 0 Å². The molecular formula is C14H14N2O4S. The van der Waals surface area contributed by atoms with E-state index in [0.717, 1.165) is 0 Å². The van der Waals surface area contributed by atoms with Crippen molar-refractivity contribution in [1.82, 2.24) is 9.97 Å². The predicted molar refractivity (Wildman–Crippen MR) is 79.1 cm³/mol. The Balaban J connectivity index is 1.78. The first kappa shape index (κ1) is 15.1. The van der Waals surface area contributed by atoms with Crippen LogP contribution in [-0.2, 0) is 0 Å². The van der Waals surface area contributed by atoms with E-state index in [1.165, 1.54) is 30.1 Å². The standard InChI is InChI=1S/C14H14N2O4S/c17-12-6-7-15-14(16-12)21-9-3-8-20-11-5-2-1-4-10(11)13(18)19/h1-2,4-7H,3,8-9H2,(H,18,19)(H,15,16,17). The zero-order valence-electron chi connectivity index (χ0n) is 11.1. The maximum Gasteiger partial charge on any atom is 0.339 e. The van der Waals surface area contributed by atoms with E-state index in [0.29, 0.717) is 29.7 Å². The third-order valence-electron chi connectivity index (χ3n) is 2.55. The average Bonchev–Trinajstić information content (AvgIpc) is 2.47. The highest BCUT2D eigenvalue weighted by Crippen LogP contribution is 2.18. The van der Waals surface area contributed by atoms with Crippen molar-refractivity contribution in [3.63, 3.8) is 0 Å². The molecule has 2 aromatic rings. The number of nitrogens with one attached hydrogen (secondary N) is 1. The fraction of sp³-hybridized carbons (Fsp3) is 0.214. The zero-order chi connectivity index (χ0) is 15.1. The molecule has 7 heteroatoms. The minimum atomic E-state index is -1.01. The maximum absolute atomic E-state index is 11.1. The smallest absolute Gasteiger partial charge is 0.339 e. The Morgan fingerprint density at radius 1 is 1.33 bits per heavy atom. The number of aromatic nitrogens is 2. The van der Waals surface area contributed by atoms with E-state index in [4.69, 9.17) is 9.84 Å². The second-order valence-corrected chi connectivity index (χ2v) is 5.17. The van der Waals surface area contributed by atoms with Crippen LogP contribution in [0.2, 0.25) is 0 Å². The minimum absolute atomic E-state index is 0.152. The third kappa shape index (κ3) is 4.64. The summed E-state index contributed by atoms with van der Waals surface area (Å²) < 4.78 is 5.47.